The second-order valence-corrected chi connectivity index (χ2v) is 7.10. The summed E-state index contributed by atoms with van der Waals surface area (Å²) in [5.74, 6) is -0.124. The first-order valence-corrected chi connectivity index (χ1v) is 9.66. The molecule has 0 bridgehead atoms. The van der Waals surface area contributed by atoms with E-state index >= 15 is 0 Å². The number of esters is 1. The van der Waals surface area contributed by atoms with Crippen molar-refractivity contribution in [2.24, 2.45) is 0 Å². The molecule has 0 atom stereocenters. The zero-order valence-electron chi connectivity index (χ0n) is 16.2. The maximum Gasteiger partial charge on any atom is 0.340 e. The van der Waals surface area contributed by atoms with E-state index in [4.69, 9.17) is 16.3 Å². The molecule has 2 aromatic heterocycles. The van der Waals surface area contributed by atoms with Crippen molar-refractivity contribution in [2.45, 2.75) is 13.1 Å². The van der Waals surface area contributed by atoms with Crippen LogP contribution in [0, 0.1) is 0 Å². The van der Waals surface area contributed by atoms with Gasteiger partial charge in [-0.3, -0.25) is 4.79 Å². The molecule has 0 spiro atoms. The predicted octanol–water partition coefficient (Wildman–Crippen LogP) is 3.96. The number of halogens is 1. The van der Waals surface area contributed by atoms with Crippen molar-refractivity contribution < 1.29 is 14.3 Å². The number of hydrogen-bond donors (Lipinski definition) is 1. The van der Waals surface area contributed by atoms with Crippen molar-refractivity contribution in [1.82, 2.24) is 14.3 Å². The number of ether oxygens (including phenoxy) is 1. The Balaban J connectivity index is 1.54. The minimum atomic E-state index is -0.442. The van der Waals surface area contributed by atoms with Crippen LogP contribution in [0.4, 0.5) is 5.82 Å². The molecule has 30 heavy (non-hydrogen) atoms. The SMILES string of the molecule is COC(=O)c1cn(CC(=O)Nc2ccnn2Cc2ccccc2Cl)c2ccccc12. The Kier molecular flexibility index (Phi) is 5.54. The molecular formula is C22H19ClN4O3. The molecule has 2 aromatic carbocycles. The third kappa shape index (κ3) is 3.92. The van der Waals surface area contributed by atoms with E-state index in [9.17, 15) is 9.59 Å². The van der Waals surface area contributed by atoms with E-state index in [0.717, 1.165) is 16.5 Å². The highest BCUT2D eigenvalue weighted by Crippen LogP contribution is 2.22. The quantitative estimate of drug-likeness (QED) is 0.477. The van der Waals surface area contributed by atoms with Crippen LogP contribution in [-0.4, -0.2) is 33.3 Å². The maximum absolute atomic E-state index is 12.7. The van der Waals surface area contributed by atoms with Gasteiger partial charge in [-0.1, -0.05) is 48.0 Å². The van der Waals surface area contributed by atoms with Crippen LogP contribution in [0.3, 0.4) is 0 Å². The molecule has 0 aliphatic rings. The molecule has 1 amide bonds. The zero-order valence-corrected chi connectivity index (χ0v) is 17.0. The average molecular weight is 423 g/mol. The number of benzene rings is 2. The van der Waals surface area contributed by atoms with Gasteiger partial charge in [-0.25, -0.2) is 9.48 Å². The van der Waals surface area contributed by atoms with Crippen molar-refractivity contribution in [3.63, 3.8) is 0 Å². The molecule has 0 radical (unpaired) electrons. The molecule has 0 aliphatic heterocycles. The summed E-state index contributed by atoms with van der Waals surface area (Å²) in [4.78, 5) is 24.8. The first-order valence-electron chi connectivity index (χ1n) is 9.28. The average Bonchev–Trinajstić information content (AvgIpc) is 3.34. The number of methoxy groups -OCH3 is 1. The van der Waals surface area contributed by atoms with Crippen LogP contribution in [-0.2, 0) is 22.6 Å². The van der Waals surface area contributed by atoms with Crippen molar-refractivity contribution in [3.8, 4) is 0 Å². The summed E-state index contributed by atoms with van der Waals surface area (Å²) in [6.07, 6.45) is 3.25. The van der Waals surface area contributed by atoms with Crippen LogP contribution < -0.4 is 5.32 Å². The summed E-state index contributed by atoms with van der Waals surface area (Å²) in [6.45, 7) is 0.468. The molecule has 0 saturated carbocycles. The summed E-state index contributed by atoms with van der Waals surface area (Å²) in [6, 6.07) is 16.6. The van der Waals surface area contributed by atoms with Gasteiger partial charge in [0.1, 0.15) is 12.4 Å². The highest BCUT2D eigenvalue weighted by molar-refractivity contribution is 6.31. The monoisotopic (exact) mass is 422 g/mol. The second kappa shape index (κ2) is 8.42. The highest BCUT2D eigenvalue weighted by Gasteiger charge is 2.17. The van der Waals surface area contributed by atoms with Crippen LogP contribution in [0.25, 0.3) is 10.9 Å². The molecule has 2 heterocycles. The lowest BCUT2D eigenvalue weighted by Gasteiger charge is -2.11. The van der Waals surface area contributed by atoms with Crippen LogP contribution >= 0.6 is 11.6 Å². The Morgan fingerprint density at radius 1 is 1.10 bits per heavy atom. The Labute approximate surface area is 177 Å². The third-order valence-corrected chi connectivity index (χ3v) is 5.14. The van der Waals surface area contributed by atoms with Gasteiger partial charge in [0, 0.05) is 28.2 Å². The normalized spacial score (nSPS) is 10.9. The van der Waals surface area contributed by atoms with Gasteiger partial charge in [-0.05, 0) is 17.7 Å². The van der Waals surface area contributed by atoms with Crippen molar-refractivity contribution in [2.75, 3.05) is 12.4 Å². The number of carbonyl (C=O) groups is 2. The first kappa shape index (κ1) is 19.7. The Hall–Kier alpha value is -3.58. The molecule has 1 N–H and O–H groups in total. The molecule has 0 saturated heterocycles. The van der Waals surface area contributed by atoms with Gasteiger partial charge in [-0.2, -0.15) is 5.10 Å². The summed E-state index contributed by atoms with van der Waals surface area (Å²) >= 11 is 6.23. The molecule has 7 nitrogen and oxygen atoms in total. The van der Waals surface area contributed by atoms with Gasteiger partial charge in [0.05, 0.1) is 25.4 Å². The van der Waals surface area contributed by atoms with E-state index in [2.05, 4.69) is 10.4 Å². The van der Waals surface area contributed by atoms with E-state index in [-0.39, 0.29) is 12.5 Å². The minimum absolute atomic E-state index is 0.0365. The minimum Gasteiger partial charge on any atom is -0.465 e. The summed E-state index contributed by atoms with van der Waals surface area (Å²) < 4.78 is 8.26. The summed E-state index contributed by atoms with van der Waals surface area (Å²) in [7, 11) is 1.33. The number of para-hydroxylation sites is 1. The molecule has 0 aliphatic carbocycles. The van der Waals surface area contributed by atoms with E-state index in [1.807, 2.05) is 48.5 Å². The number of nitrogens with one attached hydrogen (secondary N) is 1. The lowest BCUT2D eigenvalue weighted by atomic mass is 10.2. The van der Waals surface area contributed by atoms with Crippen LogP contribution in [0.15, 0.2) is 67.0 Å². The molecule has 0 fully saturated rings. The van der Waals surface area contributed by atoms with Crippen LogP contribution in [0.5, 0.6) is 0 Å². The Morgan fingerprint density at radius 2 is 1.87 bits per heavy atom. The highest BCUT2D eigenvalue weighted by atomic mass is 35.5. The molecule has 0 unspecified atom stereocenters. The number of aromatic nitrogens is 3. The summed E-state index contributed by atoms with van der Waals surface area (Å²) in [5.41, 5.74) is 2.10. The Bertz CT molecular complexity index is 1230. The summed E-state index contributed by atoms with van der Waals surface area (Å²) in [5, 5.41) is 8.53. The number of anilines is 1. The van der Waals surface area contributed by atoms with Crippen molar-refractivity contribution in [1.29, 1.82) is 0 Å². The van der Waals surface area contributed by atoms with E-state index in [1.165, 1.54) is 7.11 Å². The third-order valence-electron chi connectivity index (χ3n) is 4.77. The number of fused-ring (bicyclic) bond motifs is 1. The molecule has 4 rings (SSSR count). The number of hydrogen-bond acceptors (Lipinski definition) is 4. The van der Waals surface area contributed by atoms with Crippen LogP contribution in [0.1, 0.15) is 15.9 Å². The maximum atomic E-state index is 12.7. The lowest BCUT2D eigenvalue weighted by Crippen LogP contribution is -2.20. The van der Waals surface area contributed by atoms with Gasteiger partial charge < -0.3 is 14.6 Å². The fourth-order valence-corrected chi connectivity index (χ4v) is 3.54. The lowest BCUT2D eigenvalue weighted by molar-refractivity contribution is -0.116. The topological polar surface area (TPSA) is 78.2 Å². The van der Waals surface area contributed by atoms with E-state index < -0.39 is 5.97 Å². The van der Waals surface area contributed by atoms with Gasteiger partial charge in [0.15, 0.2) is 0 Å². The van der Waals surface area contributed by atoms with E-state index in [1.54, 1.807) is 27.7 Å². The first-order chi connectivity index (χ1) is 14.6. The fourth-order valence-electron chi connectivity index (χ4n) is 3.34. The number of rotatable bonds is 6. The largest absolute Gasteiger partial charge is 0.465 e. The second-order valence-electron chi connectivity index (χ2n) is 6.69. The zero-order chi connectivity index (χ0) is 21.1. The molecule has 152 valence electrons. The van der Waals surface area contributed by atoms with Gasteiger partial charge in [-0.15, -0.1) is 0 Å². The van der Waals surface area contributed by atoms with Crippen LogP contribution in [0.2, 0.25) is 5.02 Å². The molecular weight excluding hydrogens is 404 g/mol. The van der Waals surface area contributed by atoms with Crippen molar-refractivity contribution in [3.05, 3.63) is 83.1 Å². The fraction of sp³-hybridized carbons (Fsp3) is 0.136. The van der Waals surface area contributed by atoms with Gasteiger partial charge >= 0.3 is 5.97 Å². The predicted molar refractivity (Wildman–Crippen MR) is 115 cm³/mol. The number of carbonyl (C=O) groups excluding carboxylic acids is 2. The van der Waals surface area contributed by atoms with E-state index in [0.29, 0.717) is 22.9 Å². The molecule has 4 aromatic rings. The standard InChI is InChI=1S/C22H19ClN4O3/c1-30-22(29)17-13-26(19-9-5-3-7-16(17)19)14-21(28)25-20-10-11-24-27(20)12-15-6-2-4-8-18(15)23/h2-11,13H,12,14H2,1H3,(H,25,28). The smallest absolute Gasteiger partial charge is 0.340 e. The van der Waals surface area contributed by atoms with Crippen molar-refractivity contribution >= 4 is 40.2 Å². The van der Waals surface area contributed by atoms with Gasteiger partial charge in [0.2, 0.25) is 5.91 Å². The number of amides is 1. The molecule has 8 heteroatoms. The Morgan fingerprint density at radius 3 is 2.67 bits per heavy atom. The number of nitrogens with zero attached hydrogens (tertiary/aromatic N) is 3. The van der Waals surface area contributed by atoms with Gasteiger partial charge in [0.25, 0.3) is 0 Å².